The normalized spacial score (nSPS) is 12.8. The van der Waals surface area contributed by atoms with Gasteiger partial charge >= 0.3 is 0 Å². The van der Waals surface area contributed by atoms with Gasteiger partial charge in [0, 0.05) is 24.2 Å². The lowest BCUT2D eigenvalue weighted by Gasteiger charge is -2.35. The maximum atomic E-state index is 12.3. The minimum atomic E-state index is -3.59. The lowest BCUT2D eigenvalue weighted by molar-refractivity contribution is 0.196. The summed E-state index contributed by atoms with van der Waals surface area (Å²) in [7, 11) is -0.290. The van der Waals surface area contributed by atoms with E-state index in [0.717, 1.165) is 40.1 Å². The Kier molecular flexibility index (Phi) is 11.1. The highest BCUT2D eigenvalue weighted by Gasteiger charge is 2.25. The topological polar surface area (TPSA) is 97.3 Å². The van der Waals surface area contributed by atoms with Crippen molar-refractivity contribution in [3.8, 4) is 17.2 Å². The lowest BCUT2D eigenvalue weighted by Crippen LogP contribution is -2.39. The first-order valence-electron chi connectivity index (χ1n) is 14.6. The second-order valence-corrected chi connectivity index (χ2v) is 12.8. The summed E-state index contributed by atoms with van der Waals surface area (Å²) in [5.41, 5.74) is 4.33. The zero-order valence-corrected chi connectivity index (χ0v) is 26.8. The minimum Gasteiger partial charge on any atom is -0.497 e. The zero-order valence-electron chi connectivity index (χ0n) is 25.9. The van der Waals surface area contributed by atoms with Crippen molar-refractivity contribution in [2.45, 2.75) is 44.9 Å². The van der Waals surface area contributed by atoms with Gasteiger partial charge in [-0.2, -0.15) is 0 Å². The van der Waals surface area contributed by atoms with E-state index >= 15 is 0 Å². The summed E-state index contributed by atoms with van der Waals surface area (Å²) >= 11 is 0. The number of aliphatic hydroxyl groups is 1. The molecule has 0 heterocycles. The van der Waals surface area contributed by atoms with Crippen LogP contribution in [0.3, 0.4) is 0 Å². The third-order valence-corrected chi connectivity index (χ3v) is 8.02. The molecule has 0 fully saturated rings. The van der Waals surface area contributed by atoms with Crippen molar-refractivity contribution >= 4 is 21.4 Å². The second-order valence-electron chi connectivity index (χ2n) is 11.0. The quantitative estimate of drug-likeness (QED) is 0.158. The third kappa shape index (κ3) is 9.14. The van der Waals surface area contributed by atoms with Crippen LogP contribution in [0.2, 0.25) is 0 Å². The zero-order chi connectivity index (χ0) is 31.7. The Labute approximate surface area is 261 Å². The highest BCUT2D eigenvalue weighted by atomic mass is 32.2. The van der Waals surface area contributed by atoms with E-state index in [9.17, 15) is 13.5 Å². The molecule has 2 N–H and O–H groups in total. The summed E-state index contributed by atoms with van der Waals surface area (Å²) in [5, 5.41) is 10.5. The molecule has 4 rings (SSSR count). The molecule has 0 aliphatic carbocycles. The number of aliphatic hydroxyl groups excluding tert-OH is 1. The van der Waals surface area contributed by atoms with Gasteiger partial charge in [-0.1, -0.05) is 54.6 Å². The summed E-state index contributed by atoms with van der Waals surface area (Å²) in [4.78, 5) is 2.11. The van der Waals surface area contributed by atoms with Gasteiger partial charge in [0.2, 0.25) is 10.0 Å². The average molecular weight is 619 g/mol. The van der Waals surface area contributed by atoms with Crippen LogP contribution < -0.4 is 23.8 Å². The summed E-state index contributed by atoms with van der Waals surface area (Å²) < 4.78 is 44.1. The number of methoxy groups -OCH3 is 2. The molecule has 8 nitrogen and oxygen atoms in total. The van der Waals surface area contributed by atoms with E-state index in [1.54, 1.807) is 33.3 Å². The predicted octanol–water partition coefficient (Wildman–Crippen LogP) is 6.45. The van der Waals surface area contributed by atoms with Gasteiger partial charge in [-0.15, -0.1) is 0 Å². The van der Waals surface area contributed by atoms with Crippen molar-refractivity contribution in [2.24, 2.45) is 0 Å². The fourth-order valence-corrected chi connectivity index (χ4v) is 5.83. The Hall–Kier alpha value is -4.21. The summed E-state index contributed by atoms with van der Waals surface area (Å²) in [6, 6.07) is 31.2. The van der Waals surface area contributed by atoms with Gasteiger partial charge < -0.3 is 24.2 Å². The maximum absolute atomic E-state index is 12.3. The number of anilines is 2. The molecule has 9 heteroatoms. The Balaban J connectivity index is 1.68. The van der Waals surface area contributed by atoms with Crippen LogP contribution in [-0.2, 0) is 16.6 Å². The van der Waals surface area contributed by atoms with E-state index in [-0.39, 0.29) is 18.6 Å². The summed E-state index contributed by atoms with van der Waals surface area (Å²) in [6.07, 6.45) is 1.20. The Morgan fingerprint density at radius 1 is 0.818 bits per heavy atom. The molecule has 0 bridgehead atoms. The van der Waals surface area contributed by atoms with Gasteiger partial charge in [-0.25, -0.2) is 8.42 Å². The predicted molar refractivity (Wildman–Crippen MR) is 177 cm³/mol. The molecule has 4 aromatic carbocycles. The molecular weight excluding hydrogens is 576 g/mol. The molecule has 2 atom stereocenters. The molecule has 0 radical (unpaired) electrons. The summed E-state index contributed by atoms with van der Waals surface area (Å²) in [5.74, 6) is 2.01. The van der Waals surface area contributed by atoms with Crippen LogP contribution in [-0.4, -0.2) is 52.7 Å². The molecule has 234 valence electrons. The molecule has 0 unspecified atom stereocenters. The van der Waals surface area contributed by atoms with Crippen molar-refractivity contribution in [3.05, 3.63) is 114 Å². The maximum Gasteiger partial charge on any atom is 0.229 e. The van der Waals surface area contributed by atoms with Crippen molar-refractivity contribution < 1.29 is 27.7 Å². The molecular formula is C35H42N2O6S. The molecule has 0 aliphatic heterocycles. The number of nitrogens with zero attached hydrogens (tertiary/aromatic N) is 1. The smallest absolute Gasteiger partial charge is 0.229 e. The van der Waals surface area contributed by atoms with Gasteiger partial charge in [-0.3, -0.25) is 4.72 Å². The van der Waals surface area contributed by atoms with Gasteiger partial charge in [0.25, 0.3) is 0 Å². The van der Waals surface area contributed by atoms with E-state index in [1.807, 2.05) is 60.7 Å². The molecule has 0 saturated carbocycles. The Bertz CT molecular complexity index is 1530. The highest BCUT2D eigenvalue weighted by Crippen LogP contribution is 2.36. The van der Waals surface area contributed by atoms with Crippen molar-refractivity contribution in [3.63, 3.8) is 0 Å². The lowest BCUT2D eigenvalue weighted by atomic mass is 9.85. The first kappa shape index (κ1) is 32.7. The second kappa shape index (κ2) is 15.0. The number of hydrogen-bond donors (Lipinski definition) is 2. The average Bonchev–Trinajstić information content (AvgIpc) is 3.01. The minimum absolute atomic E-state index is 0.0282. The van der Waals surface area contributed by atoms with E-state index in [4.69, 9.17) is 14.2 Å². The van der Waals surface area contributed by atoms with E-state index in [0.29, 0.717) is 24.4 Å². The van der Waals surface area contributed by atoms with Gasteiger partial charge in [0.1, 0.15) is 23.9 Å². The number of ether oxygens (including phenoxy) is 3. The standard InChI is InChI=1S/C35H42N2O6S/c1-25(21-33(28-11-16-31(41-3)17-12-28)29-13-18-32(42-4)19-14-29)37(23-26(2)38)30-15-20-35(34(22-30)36-44(5,39)40)43-24-27-9-7-6-8-10-27/h6-20,22,25-26,33,36,38H,21,23-24H2,1-5H3/t25-,26+/m0/s1. The number of hydrogen-bond acceptors (Lipinski definition) is 7. The van der Waals surface area contributed by atoms with Crippen molar-refractivity contribution in [2.75, 3.05) is 36.6 Å². The van der Waals surface area contributed by atoms with Crippen LogP contribution in [0.15, 0.2) is 97.1 Å². The molecule has 0 aliphatic rings. The van der Waals surface area contributed by atoms with E-state index in [2.05, 4.69) is 40.8 Å². The van der Waals surface area contributed by atoms with Gasteiger partial charge in [0.05, 0.1) is 32.3 Å². The van der Waals surface area contributed by atoms with Crippen LogP contribution in [0.25, 0.3) is 0 Å². The van der Waals surface area contributed by atoms with Crippen molar-refractivity contribution in [1.29, 1.82) is 0 Å². The van der Waals surface area contributed by atoms with Gasteiger partial charge in [-0.05, 0) is 79.4 Å². The number of sulfonamides is 1. The first-order valence-corrected chi connectivity index (χ1v) is 16.5. The molecule has 0 aromatic heterocycles. The molecule has 0 spiro atoms. The fourth-order valence-electron chi connectivity index (χ4n) is 5.27. The highest BCUT2D eigenvalue weighted by molar-refractivity contribution is 7.92. The van der Waals surface area contributed by atoms with Crippen molar-refractivity contribution in [1.82, 2.24) is 0 Å². The van der Waals surface area contributed by atoms with E-state index < -0.39 is 16.1 Å². The van der Waals surface area contributed by atoms with Crippen LogP contribution >= 0.6 is 0 Å². The fraction of sp³-hybridized carbons (Fsp3) is 0.314. The largest absolute Gasteiger partial charge is 0.497 e. The van der Waals surface area contributed by atoms with Crippen LogP contribution in [0.1, 0.15) is 42.9 Å². The monoisotopic (exact) mass is 618 g/mol. The number of rotatable bonds is 15. The number of benzene rings is 4. The molecule has 0 amide bonds. The Morgan fingerprint density at radius 2 is 1.39 bits per heavy atom. The van der Waals surface area contributed by atoms with Crippen LogP contribution in [0.5, 0.6) is 17.2 Å². The summed E-state index contributed by atoms with van der Waals surface area (Å²) in [6.45, 7) is 4.50. The van der Waals surface area contributed by atoms with Gasteiger partial charge in [0.15, 0.2) is 0 Å². The number of nitrogens with one attached hydrogen (secondary N) is 1. The Morgan fingerprint density at radius 3 is 1.89 bits per heavy atom. The SMILES string of the molecule is COc1ccc(C(C[C@H](C)N(C[C@@H](C)O)c2ccc(OCc3ccccc3)c(NS(C)(=O)=O)c2)c2ccc(OC)cc2)cc1. The molecule has 4 aromatic rings. The first-order chi connectivity index (χ1) is 21.1. The third-order valence-electron chi connectivity index (χ3n) is 7.43. The molecule has 44 heavy (non-hydrogen) atoms. The van der Waals surface area contributed by atoms with E-state index in [1.165, 1.54) is 0 Å². The molecule has 0 saturated heterocycles. The van der Waals surface area contributed by atoms with Crippen LogP contribution in [0, 0.1) is 0 Å². The van der Waals surface area contributed by atoms with Crippen LogP contribution in [0.4, 0.5) is 11.4 Å².